The van der Waals surface area contributed by atoms with Gasteiger partial charge in [0.1, 0.15) is 12.4 Å². The molecule has 0 heterocycles. The number of rotatable bonds is 36. The molecule has 8 nitrogen and oxygen atoms in total. The van der Waals surface area contributed by atoms with E-state index in [2.05, 4.69) is 6.92 Å². The third-order valence-corrected chi connectivity index (χ3v) is 7.38. The molecule has 0 fully saturated rings. The van der Waals surface area contributed by atoms with Crippen molar-refractivity contribution >= 4 is 5.69 Å². The molecule has 0 radical (unpaired) electrons. The minimum Gasteiger partial charge on any atom is -0.491 e. The number of nitrogen functional groups attached to an aromatic ring is 1. The Morgan fingerprint density at radius 1 is 0.364 bits per heavy atom. The fraction of sp³-hybridized carbons (Fsp3) is 0.833. The second-order valence-electron chi connectivity index (χ2n) is 11.4. The molecule has 1 rings (SSSR count). The Labute approximate surface area is 270 Å². The SMILES string of the molecule is CCCCCCCCCCCCCCCCCCOCCOCCOCCOCCOCCOCCOc1ccc(N)cc1. The van der Waals surface area contributed by atoms with E-state index in [1.807, 2.05) is 24.3 Å². The minimum absolute atomic E-state index is 0.492. The zero-order chi connectivity index (χ0) is 31.4. The van der Waals surface area contributed by atoms with Gasteiger partial charge >= 0.3 is 0 Å². The number of hydrogen-bond acceptors (Lipinski definition) is 8. The molecule has 0 aromatic heterocycles. The van der Waals surface area contributed by atoms with E-state index in [4.69, 9.17) is 38.9 Å². The molecule has 1 aromatic rings. The molecule has 0 aliphatic rings. The van der Waals surface area contributed by atoms with Gasteiger partial charge in [-0.05, 0) is 30.7 Å². The number of unbranched alkanes of at least 4 members (excludes halogenated alkanes) is 15. The normalized spacial score (nSPS) is 11.4. The van der Waals surface area contributed by atoms with Gasteiger partial charge < -0.3 is 38.9 Å². The standard InChI is InChI=1S/C36H67NO7/c1-2-3-4-5-6-7-8-9-10-11-12-13-14-15-16-17-22-38-23-24-39-25-26-40-27-28-41-29-30-42-31-32-43-33-34-44-36-20-18-35(37)19-21-36/h18-21H,2-17,22-34,37H2,1H3. The summed E-state index contributed by atoms with van der Waals surface area (Å²) in [5.41, 5.74) is 6.37. The number of nitrogens with two attached hydrogens (primary N) is 1. The average Bonchev–Trinajstić information content (AvgIpc) is 3.03. The van der Waals surface area contributed by atoms with Crippen LogP contribution in [-0.4, -0.2) is 85.9 Å². The lowest BCUT2D eigenvalue weighted by molar-refractivity contribution is -0.0179. The van der Waals surface area contributed by atoms with Gasteiger partial charge in [-0.25, -0.2) is 0 Å². The first-order valence-electron chi connectivity index (χ1n) is 17.8. The smallest absolute Gasteiger partial charge is 0.119 e. The Kier molecular flexibility index (Phi) is 31.8. The van der Waals surface area contributed by atoms with Crippen LogP contribution in [0.3, 0.4) is 0 Å². The Bertz CT molecular complexity index is 677. The fourth-order valence-corrected chi connectivity index (χ4v) is 4.74. The molecule has 0 spiro atoms. The maximum Gasteiger partial charge on any atom is 0.119 e. The van der Waals surface area contributed by atoms with Crippen molar-refractivity contribution in [3.63, 3.8) is 0 Å². The highest BCUT2D eigenvalue weighted by molar-refractivity contribution is 5.41. The van der Waals surface area contributed by atoms with Crippen molar-refractivity contribution in [1.29, 1.82) is 0 Å². The van der Waals surface area contributed by atoms with Crippen LogP contribution in [-0.2, 0) is 28.4 Å². The van der Waals surface area contributed by atoms with Gasteiger partial charge in [0.15, 0.2) is 0 Å². The van der Waals surface area contributed by atoms with E-state index in [-0.39, 0.29) is 0 Å². The topological polar surface area (TPSA) is 90.6 Å². The van der Waals surface area contributed by atoms with Crippen molar-refractivity contribution in [1.82, 2.24) is 0 Å². The highest BCUT2D eigenvalue weighted by Gasteiger charge is 1.97. The molecule has 8 heteroatoms. The number of ether oxygens (including phenoxy) is 7. The van der Waals surface area contributed by atoms with Crippen LogP contribution in [0.15, 0.2) is 24.3 Å². The molecule has 0 unspecified atom stereocenters. The lowest BCUT2D eigenvalue weighted by atomic mass is 10.0. The monoisotopic (exact) mass is 625 g/mol. The van der Waals surface area contributed by atoms with Gasteiger partial charge in [0.05, 0.1) is 72.7 Å². The summed E-state index contributed by atoms with van der Waals surface area (Å²) in [4.78, 5) is 0. The highest BCUT2D eigenvalue weighted by atomic mass is 16.6. The molecule has 0 saturated heterocycles. The second kappa shape index (κ2) is 34.5. The molecule has 2 N–H and O–H groups in total. The van der Waals surface area contributed by atoms with Crippen molar-refractivity contribution in [2.24, 2.45) is 0 Å². The third-order valence-electron chi connectivity index (χ3n) is 7.38. The number of anilines is 1. The van der Waals surface area contributed by atoms with Crippen LogP contribution in [0.1, 0.15) is 110 Å². The molecule has 1 aromatic carbocycles. The van der Waals surface area contributed by atoms with Crippen molar-refractivity contribution in [2.75, 3.05) is 91.6 Å². The first kappa shape index (κ1) is 40.6. The first-order valence-corrected chi connectivity index (χ1v) is 17.8. The minimum atomic E-state index is 0.492. The molecule has 0 bridgehead atoms. The summed E-state index contributed by atoms with van der Waals surface area (Å²) in [7, 11) is 0. The van der Waals surface area contributed by atoms with Crippen LogP contribution in [0.2, 0.25) is 0 Å². The third kappa shape index (κ3) is 30.6. The highest BCUT2D eigenvalue weighted by Crippen LogP contribution is 2.14. The molecule has 258 valence electrons. The van der Waals surface area contributed by atoms with Gasteiger partial charge in [-0.1, -0.05) is 103 Å². The van der Waals surface area contributed by atoms with Gasteiger partial charge in [0.2, 0.25) is 0 Å². The van der Waals surface area contributed by atoms with E-state index < -0.39 is 0 Å². The summed E-state index contributed by atoms with van der Waals surface area (Å²) < 4.78 is 38.8. The second-order valence-corrected chi connectivity index (χ2v) is 11.4. The van der Waals surface area contributed by atoms with Crippen LogP contribution >= 0.6 is 0 Å². The summed E-state index contributed by atoms with van der Waals surface area (Å²) in [6.45, 7) is 9.79. The van der Waals surface area contributed by atoms with Crippen LogP contribution in [0, 0.1) is 0 Å². The Morgan fingerprint density at radius 2 is 0.659 bits per heavy atom. The van der Waals surface area contributed by atoms with Crippen molar-refractivity contribution in [3.8, 4) is 5.75 Å². The maximum absolute atomic E-state index is 5.68. The van der Waals surface area contributed by atoms with Crippen molar-refractivity contribution in [3.05, 3.63) is 24.3 Å². The molecule has 44 heavy (non-hydrogen) atoms. The van der Waals surface area contributed by atoms with Gasteiger partial charge in [-0.2, -0.15) is 0 Å². The molecule has 0 saturated carbocycles. The summed E-state index contributed by atoms with van der Waals surface area (Å²) >= 11 is 0. The molecule has 0 atom stereocenters. The Balaban J connectivity index is 1.62. The largest absolute Gasteiger partial charge is 0.491 e. The van der Waals surface area contributed by atoms with E-state index in [1.54, 1.807) is 0 Å². The lowest BCUT2D eigenvalue weighted by Crippen LogP contribution is -2.14. The average molecular weight is 626 g/mol. The van der Waals surface area contributed by atoms with E-state index in [0.29, 0.717) is 79.3 Å². The van der Waals surface area contributed by atoms with E-state index >= 15 is 0 Å². The Morgan fingerprint density at radius 3 is 1.02 bits per heavy atom. The quantitative estimate of drug-likeness (QED) is 0.0592. The lowest BCUT2D eigenvalue weighted by Gasteiger charge is -2.09. The molecule has 0 aliphatic heterocycles. The predicted molar refractivity (Wildman–Crippen MR) is 181 cm³/mol. The number of hydrogen-bond donors (Lipinski definition) is 1. The molecular weight excluding hydrogens is 558 g/mol. The van der Waals surface area contributed by atoms with Crippen molar-refractivity contribution < 1.29 is 33.2 Å². The molecular formula is C36H67NO7. The maximum atomic E-state index is 5.68. The summed E-state index contributed by atoms with van der Waals surface area (Å²) in [5, 5.41) is 0. The van der Waals surface area contributed by atoms with Gasteiger partial charge in [0.25, 0.3) is 0 Å². The van der Waals surface area contributed by atoms with Crippen LogP contribution in [0.5, 0.6) is 5.75 Å². The fourth-order valence-electron chi connectivity index (χ4n) is 4.74. The Hall–Kier alpha value is -1.42. The van der Waals surface area contributed by atoms with Crippen molar-refractivity contribution in [2.45, 2.75) is 110 Å². The van der Waals surface area contributed by atoms with Gasteiger partial charge in [-0.3, -0.25) is 0 Å². The zero-order valence-electron chi connectivity index (χ0n) is 28.3. The van der Waals surface area contributed by atoms with E-state index in [9.17, 15) is 0 Å². The molecule has 0 aliphatic carbocycles. The van der Waals surface area contributed by atoms with Gasteiger partial charge in [0, 0.05) is 12.3 Å². The summed E-state index contributed by atoms with van der Waals surface area (Å²) in [5.74, 6) is 0.786. The van der Waals surface area contributed by atoms with Crippen LogP contribution in [0.25, 0.3) is 0 Å². The van der Waals surface area contributed by atoms with Crippen LogP contribution < -0.4 is 10.5 Å². The first-order chi connectivity index (χ1) is 21.8. The zero-order valence-corrected chi connectivity index (χ0v) is 28.3. The molecule has 0 amide bonds. The summed E-state index contributed by atoms with van der Waals surface area (Å²) in [6, 6.07) is 7.31. The van der Waals surface area contributed by atoms with E-state index in [1.165, 1.54) is 96.3 Å². The van der Waals surface area contributed by atoms with Crippen LogP contribution in [0.4, 0.5) is 5.69 Å². The number of benzene rings is 1. The van der Waals surface area contributed by atoms with Gasteiger partial charge in [-0.15, -0.1) is 0 Å². The van der Waals surface area contributed by atoms with E-state index in [0.717, 1.165) is 24.5 Å². The summed E-state index contributed by atoms with van der Waals surface area (Å²) in [6.07, 6.45) is 22.3. The predicted octanol–water partition coefficient (Wildman–Crippen LogP) is 8.01.